The van der Waals surface area contributed by atoms with Gasteiger partial charge < -0.3 is 11.1 Å². The maximum Gasteiger partial charge on any atom is 0.348 e. The third-order valence-corrected chi connectivity index (χ3v) is 4.15. The van der Waals surface area contributed by atoms with Gasteiger partial charge in [0.1, 0.15) is 6.54 Å². The standard InChI is InChI=1S/C14H15BrN4O2/c1-8-13(15)9(2)19(14(21)17-8)7-12(20)18-11-5-3-4-10(16)6-11/h3-6H,7,16H2,1-2H3,(H,18,20). The highest BCUT2D eigenvalue weighted by Gasteiger charge is 2.12. The van der Waals surface area contributed by atoms with Gasteiger partial charge >= 0.3 is 5.69 Å². The molecular formula is C14H15BrN4O2. The Bertz CT molecular complexity index is 755. The van der Waals surface area contributed by atoms with Crippen molar-refractivity contribution >= 4 is 33.2 Å². The maximum absolute atomic E-state index is 12.0. The topological polar surface area (TPSA) is 90.0 Å². The smallest absolute Gasteiger partial charge is 0.348 e. The second-order valence-corrected chi connectivity index (χ2v) is 5.43. The Hall–Kier alpha value is -2.15. The molecule has 110 valence electrons. The second-order valence-electron chi connectivity index (χ2n) is 4.64. The molecule has 0 aliphatic rings. The van der Waals surface area contributed by atoms with Crippen molar-refractivity contribution in [3.8, 4) is 0 Å². The Morgan fingerprint density at radius 1 is 1.43 bits per heavy atom. The van der Waals surface area contributed by atoms with Gasteiger partial charge in [0.15, 0.2) is 0 Å². The third kappa shape index (κ3) is 3.49. The Kier molecular flexibility index (Phi) is 4.42. The minimum atomic E-state index is -0.448. The number of carbonyl (C=O) groups is 1. The molecular weight excluding hydrogens is 336 g/mol. The van der Waals surface area contributed by atoms with Gasteiger partial charge in [-0.1, -0.05) is 6.07 Å². The van der Waals surface area contributed by atoms with E-state index in [9.17, 15) is 9.59 Å². The fourth-order valence-corrected chi connectivity index (χ4v) is 2.23. The average Bonchev–Trinajstić information content (AvgIpc) is 2.41. The van der Waals surface area contributed by atoms with Crippen LogP contribution in [-0.4, -0.2) is 15.5 Å². The molecule has 0 aliphatic heterocycles. The number of carbonyl (C=O) groups excluding carboxylic acids is 1. The predicted molar refractivity (Wildman–Crippen MR) is 85.2 cm³/mol. The molecule has 0 radical (unpaired) electrons. The van der Waals surface area contributed by atoms with E-state index in [1.54, 1.807) is 38.1 Å². The van der Waals surface area contributed by atoms with Crippen molar-refractivity contribution in [3.05, 3.63) is 50.6 Å². The molecule has 0 fully saturated rings. The normalized spacial score (nSPS) is 10.4. The van der Waals surface area contributed by atoms with Gasteiger partial charge in [-0.2, -0.15) is 4.98 Å². The molecule has 0 spiro atoms. The molecule has 0 aliphatic carbocycles. The second kappa shape index (κ2) is 6.09. The first-order valence-electron chi connectivity index (χ1n) is 6.27. The van der Waals surface area contributed by atoms with Gasteiger partial charge in [-0.05, 0) is 48.0 Å². The van der Waals surface area contributed by atoms with Crippen LogP contribution in [0.25, 0.3) is 0 Å². The van der Waals surface area contributed by atoms with Crippen molar-refractivity contribution in [3.63, 3.8) is 0 Å². The molecule has 1 aromatic heterocycles. The molecule has 21 heavy (non-hydrogen) atoms. The number of nitrogens with one attached hydrogen (secondary N) is 1. The quantitative estimate of drug-likeness (QED) is 0.826. The van der Waals surface area contributed by atoms with E-state index in [0.29, 0.717) is 22.8 Å². The summed E-state index contributed by atoms with van der Waals surface area (Å²) in [6.07, 6.45) is 0. The summed E-state index contributed by atoms with van der Waals surface area (Å²) in [5, 5.41) is 2.70. The molecule has 0 saturated carbocycles. The molecule has 1 heterocycles. The van der Waals surface area contributed by atoms with E-state index < -0.39 is 5.69 Å². The number of rotatable bonds is 3. The average molecular weight is 351 g/mol. The van der Waals surface area contributed by atoms with E-state index in [1.165, 1.54) is 4.57 Å². The highest BCUT2D eigenvalue weighted by atomic mass is 79.9. The fraction of sp³-hybridized carbons (Fsp3) is 0.214. The van der Waals surface area contributed by atoms with Gasteiger partial charge in [0.05, 0.1) is 10.2 Å². The molecule has 0 unspecified atom stereocenters. The Balaban J connectivity index is 2.21. The summed E-state index contributed by atoms with van der Waals surface area (Å²) >= 11 is 3.36. The van der Waals surface area contributed by atoms with Crippen molar-refractivity contribution in [1.82, 2.24) is 9.55 Å². The highest BCUT2D eigenvalue weighted by Crippen LogP contribution is 2.17. The lowest BCUT2D eigenvalue weighted by atomic mass is 10.3. The minimum absolute atomic E-state index is 0.106. The largest absolute Gasteiger partial charge is 0.399 e. The first-order chi connectivity index (χ1) is 9.88. The fourth-order valence-electron chi connectivity index (χ4n) is 1.92. The van der Waals surface area contributed by atoms with Gasteiger partial charge in [0.25, 0.3) is 0 Å². The van der Waals surface area contributed by atoms with Crippen LogP contribution in [0.15, 0.2) is 33.5 Å². The number of aryl methyl sites for hydroxylation is 1. The number of hydrogen-bond donors (Lipinski definition) is 2. The molecule has 2 aromatic rings. The van der Waals surface area contributed by atoms with Crippen LogP contribution < -0.4 is 16.7 Å². The summed E-state index contributed by atoms with van der Waals surface area (Å²) in [4.78, 5) is 27.8. The molecule has 0 atom stereocenters. The van der Waals surface area contributed by atoms with Crippen LogP contribution in [0.3, 0.4) is 0 Å². The summed E-state index contributed by atoms with van der Waals surface area (Å²) in [6, 6.07) is 6.85. The molecule has 3 N–H and O–H groups in total. The number of aromatic nitrogens is 2. The van der Waals surface area contributed by atoms with E-state index in [-0.39, 0.29) is 12.5 Å². The number of benzene rings is 1. The lowest BCUT2D eigenvalue weighted by Gasteiger charge is -2.12. The van der Waals surface area contributed by atoms with Crippen LogP contribution in [0.2, 0.25) is 0 Å². The van der Waals surface area contributed by atoms with E-state index in [4.69, 9.17) is 5.73 Å². The van der Waals surface area contributed by atoms with Crippen LogP contribution in [0.5, 0.6) is 0 Å². The number of nitrogens with zero attached hydrogens (tertiary/aromatic N) is 2. The van der Waals surface area contributed by atoms with Crippen molar-refractivity contribution < 1.29 is 4.79 Å². The molecule has 6 nitrogen and oxygen atoms in total. The van der Waals surface area contributed by atoms with Gasteiger partial charge in [-0.3, -0.25) is 9.36 Å². The van der Waals surface area contributed by atoms with Gasteiger partial charge in [0.2, 0.25) is 5.91 Å². The Labute approximate surface area is 130 Å². The Morgan fingerprint density at radius 2 is 2.14 bits per heavy atom. The molecule has 1 amide bonds. The summed E-state index contributed by atoms with van der Waals surface area (Å²) in [7, 11) is 0. The van der Waals surface area contributed by atoms with E-state index >= 15 is 0 Å². The summed E-state index contributed by atoms with van der Waals surface area (Å²) in [6.45, 7) is 3.38. The number of hydrogen-bond acceptors (Lipinski definition) is 4. The highest BCUT2D eigenvalue weighted by molar-refractivity contribution is 9.10. The van der Waals surface area contributed by atoms with E-state index in [1.807, 2.05) is 0 Å². The lowest BCUT2D eigenvalue weighted by Crippen LogP contribution is -2.31. The van der Waals surface area contributed by atoms with Crippen molar-refractivity contribution in [1.29, 1.82) is 0 Å². The minimum Gasteiger partial charge on any atom is -0.399 e. The number of nitrogens with two attached hydrogens (primary N) is 1. The van der Waals surface area contributed by atoms with Crippen LogP contribution in [0.4, 0.5) is 11.4 Å². The van der Waals surface area contributed by atoms with Gasteiger partial charge in [0, 0.05) is 17.1 Å². The Morgan fingerprint density at radius 3 is 2.81 bits per heavy atom. The first kappa shape index (κ1) is 15.2. The van der Waals surface area contributed by atoms with Crippen LogP contribution in [0, 0.1) is 13.8 Å². The number of halogens is 1. The lowest BCUT2D eigenvalue weighted by molar-refractivity contribution is -0.116. The third-order valence-electron chi connectivity index (χ3n) is 3.01. The number of anilines is 2. The van der Waals surface area contributed by atoms with Crippen molar-refractivity contribution in [2.45, 2.75) is 20.4 Å². The van der Waals surface area contributed by atoms with E-state index in [2.05, 4.69) is 26.2 Å². The SMILES string of the molecule is Cc1nc(=O)n(CC(=O)Nc2cccc(N)c2)c(C)c1Br. The molecule has 2 rings (SSSR count). The summed E-state index contributed by atoms with van der Waals surface area (Å²) in [5.74, 6) is -0.316. The monoisotopic (exact) mass is 350 g/mol. The van der Waals surface area contributed by atoms with Crippen molar-refractivity contribution in [2.75, 3.05) is 11.1 Å². The zero-order valence-corrected chi connectivity index (χ0v) is 13.3. The number of amides is 1. The van der Waals surface area contributed by atoms with Crippen LogP contribution >= 0.6 is 15.9 Å². The van der Waals surface area contributed by atoms with E-state index in [0.717, 1.165) is 4.47 Å². The first-order valence-corrected chi connectivity index (χ1v) is 7.06. The van der Waals surface area contributed by atoms with Gasteiger partial charge in [-0.25, -0.2) is 4.79 Å². The predicted octanol–water partition coefficient (Wildman–Crippen LogP) is 1.84. The van der Waals surface area contributed by atoms with Crippen molar-refractivity contribution in [2.24, 2.45) is 0 Å². The van der Waals surface area contributed by atoms with Crippen LogP contribution in [0.1, 0.15) is 11.4 Å². The molecule has 1 aromatic carbocycles. The molecule has 0 bridgehead atoms. The summed E-state index contributed by atoms with van der Waals surface area (Å²) in [5.41, 5.74) is 7.61. The molecule has 7 heteroatoms. The maximum atomic E-state index is 12.0. The van der Waals surface area contributed by atoms with Gasteiger partial charge in [-0.15, -0.1) is 0 Å². The van der Waals surface area contributed by atoms with Crippen LogP contribution in [-0.2, 0) is 11.3 Å². The zero-order chi connectivity index (χ0) is 15.6. The zero-order valence-electron chi connectivity index (χ0n) is 11.7. The number of nitrogen functional groups attached to an aromatic ring is 1. The summed E-state index contributed by atoms with van der Waals surface area (Å²) < 4.78 is 2.04. The molecule has 0 saturated heterocycles.